The van der Waals surface area contributed by atoms with Crippen LogP contribution >= 0.6 is 0 Å². The molecule has 0 unspecified atom stereocenters. The molecule has 8 rings (SSSR count). The second kappa shape index (κ2) is 14.5. The summed E-state index contributed by atoms with van der Waals surface area (Å²) < 4.78 is 0. The lowest BCUT2D eigenvalue weighted by Gasteiger charge is -2.63. The van der Waals surface area contributed by atoms with Crippen LogP contribution in [0, 0.1) is 0 Å². The molecule has 0 spiro atoms. The zero-order chi connectivity index (χ0) is 35.1. The van der Waals surface area contributed by atoms with Gasteiger partial charge in [0.2, 0.25) is 0 Å². The minimum Gasteiger partial charge on any atom is -0.0622 e. The first-order chi connectivity index (χ1) is 25.8. The fourth-order valence-corrected chi connectivity index (χ4v) is 9.29. The van der Waals surface area contributed by atoms with E-state index in [-0.39, 0.29) is 0 Å². The van der Waals surface area contributed by atoms with Gasteiger partial charge in [-0.25, -0.2) is 0 Å². The van der Waals surface area contributed by atoms with Crippen molar-refractivity contribution in [3.8, 4) is 0 Å². The molecule has 0 saturated heterocycles. The molecule has 8 aromatic rings. The van der Waals surface area contributed by atoms with E-state index in [0.29, 0.717) is 0 Å². The van der Waals surface area contributed by atoms with Crippen LogP contribution in [0.1, 0.15) is 44.5 Å². The number of benzene rings is 8. The zero-order valence-corrected chi connectivity index (χ0v) is 29.3. The van der Waals surface area contributed by atoms with Gasteiger partial charge in [0.15, 0.2) is 0 Å². The Bertz CT molecular complexity index is 2090. The van der Waals surface area contributed by atoms with Crippen molar-refractivity contribution >= 4 is 0 Å². The van der Waals surface area contributed by atoms with Gasteiger partial charge in [-0.05, 0) is 50.9 Å². The first kappa shape index (κ1) is 32.9. The molecule has 0 radical (unpaired) electrons. The molecule has 0 nitrogen and oxygen atoms in total. The molecule has 8 aromatic carbocycles. The molecule has 0 amide bonds. The van der Waals surface area contributed by atoms with Gasteiger partial charge in [-0.1, -0.05) is 243 Å². The molecule has 0 N–H and O–H groups in total. The smallest absolute Gasteiger partial charge is 0.0600 e. The second-order valence-corrected chi connectivity index (χ2v) is 13.6. The van der Waals surface area contributed by atoms with Crippen molar-refractivity contribution < 1.29 is 0 Å². The quantitative estimate of drug-likeness (QED) is 0.121. The summed E-state index contributed by atoms with van der Waals surface area (Å²) in [5.74, 6) is 0. The monoisotopic (exact) mass is 666 g/mol. The first-order valence-electron chi connectivity index (χ1n) is 18.2. The van der Waals surface area contributed by atoms with Crippen LogP contribution in [0.2, 0.25) is 0 Å². The summed E-state index contributed by atoms with van der Waals surface area (Å²) >= 11 is 0. The Morgan fingerprint density at radius 2 is 0.462 bits per heavy atom. The highest BCUT2D eigenvalue weighted by molar-refractivity contribution is 5.69. The highest BCUT2D eigenvalue weighted by Crippen LogP contribution is 2.67. The van der Waals surface area contributed by atoms with Gasteiger partial charge in [0.1, 0.15) is 0 Å². The van der Waals surface area contributed by atoms with Gasteiger partial charge in [0.25, 0.3) is 0 Å². The van der Waals surface area contributed by atoms with E-state index in [1.807, 2.05) is 0 Å². The van der Waals surface area contributed by atoms with E-state index in [9.17, 15) is 0 Å². The van der Waals surface area contributed by atoms with Crippen LogP contribution in [0.25, 0.3) is 0 Å². The maximum absolute atomic E-state index is 2.38. The van der Waals surface area contributed by atoms with Crippen molar-refractivity contribution in [2.75, 3.05) is 0 Å². The topological polar surface area (TPSA) is 0 Å². The van der Waals surface area contributed by atoms with Crippen LogP contribution in [-0.4, -0.2) is 0 Å². The Labute approximate surface area is 308 Å². The van der Waals surface area contributed by atoms with E-state index in [2.05, 4.69) is 243 Å². The van der Waals surface area contributed by atoms with Crippen LogP contribution in [0.15, 0.2) is 243 Å². The molecular formula is C52H42. The van der Waals surface area contributed by atoms with E-state index < -0.39 is 16.2 Å². The van der Waals surface area contributed by atoms with E-state index in [1.54, 1.807) is 0 Å². The Kier molecular flexibility index (Phi) is 9.21. The maximum atomic E-state index is 2.38. The van der Waals surface area contributed by atoms with Gasteiger partial charge >= 0.3 is 0 Å². The molecule has 0 heteroatoms. The third-order valence-corrected chi connectivity index (χ3v) is 11.1. The lowest BCUT2D eigenvalue weighted by molar-refractivity contribution is 0.218. The van der Waals surface area contributed by atoms with Crippen LogP contribution in [0.4, 0.5) is 0 Å². The molecule has 0 saturated carbocycles. The summed E-state index contributed by atoms with van der Waals surface area (Å²) in [5.41, 5.74) is 7.65. The van der Waals surface area contributed by atoms with Crippen molar-refractivity contribution in [2.24, 2.45) is 0 Å². The van der Waals surface area contributed by atoms with Crippen molar-refractivity contribution in [1.82, 2.24) is 0 Å². The molecule has 0 fully saturated rings. The number of rotatable bonds is 11. The van der Waals surface area contributed by atoms with Crippen molar-refractivity contribution in [2.45, 2.75) is 22.7 Å². The van der Waals surface area contributed by atoms with Gasteiger partial charge in [-0.15, -0.1) is 0 Å². The minimum atomic E-state index is -0.814. The predicted octanol–water partition coefficient (Wildman–Crippen LogP) is 12.2. The number of hydrogen-bond acceptors (Lipinski definition) is 0. The Morgan fingerprint density at radius 1 is 0.231 bits per heavy atom. The summed E-state index contributed by atoms with van der Waals surface area (Å²) in [6.07, 6.45) is 0.736. The van der Waals surface area contributed by atoms with Gasteiger partial charge in [-0.2, -0.15) is 0 Å². The molecule has 0 bridgehead atoms. The molecule has 0 aliphatic heterocycles. The Hall–Kier alpha value is -6.24. The van der Waals surface area contributed by atoms with Gasteiger partial charge < -0.3 is 0 Å². The summed E-state index contributed by atoms with van der Waals surface area (Å²) in [6, 6.07) is 90.2. The van der Waals surface area contributed by atoms with Crippen LogP contribution in [0.5, 0.6) is 0 Å². The van der Waals surface area contributed by atoms with E-state index in [4.69, 9.17) is 0 Å². The van der Waals surface area contributed by atoms with E-state index >= 15 is 0 Å². The van der Waals surface area contributed by atoms with Crippen molar-refractivity contribution in [3.63, 3.8) is 0 Å². The predicted molar refractivity (Wildman–Crippen MR) is 217 cm³/mol. The highest BCUT2D eigenvalue weighted by atomic mass is 14.7. The zero-order valence-electron chi connectivity index (χ0n) is 29.3. The summed E-state index contributed by atoms with van der Waals surface area (Å²) in [5, 5.41) is 0. The molecule has 250 valence electrons. The molecule has 0 heterocycles. The number of hydrogen-bond donors (Lipinski definition) is 0. The fourth-order valence-electron chi connectivity index (χ4n) is 9.29. The molecule has 52 heavy (non-hydrogen) atoms. The largest absolute Gasteiger partial charge is 0.0622 e. The fraction of sp³-hybridized carbons (Fsp3) is 0.0769. The van der Waals surface area contributed by atoms with Crippen molar-refractivity contribution in [1.29, 1.82) is 0 Å². The molecule has 0 atom stereocenters. The lowest BCUT2D eigenvalue weighted by Crippen LogP contribution is -2.64. The summed E-state index contributed by atoms with van der Waals surface area (Å²) in [7, 11) is 0. The van der Waals surface area contributed by atoms with Gasteiger partial charge in [-0.3, -0.25) is 0 Å². The second-order valence-electron chi connectivity index (χ2n) is 13.6. The molecular weight excluding hydrogens is 625 g/mol. The third-order valence-electron chi connectivity index (χ3n) is 11.1. The van der Waals surface area contributed by atoms with Crippen LogP contribution in [-0.2, 0) is 22.7 Å². The van der Waals surface area contributed by atoms with Gasteiger partial charge in [0.05, 0.1) is 10.8 Å². The minimum absolute atomic E-state index is 0.693. The standard InChI is InChI=1S/C52H42/c1-9-25-42(26-10-1)41-50(43-27-11-2-12-28-43,44-29-13-3-14-30-44)52(48-37-21-7-22-38-48,49-39-23-8-24-40-49)51(45-31-15-4-16-32-45,46-33-17-5-18-34-46)47-35-19-6-20-36-47/h1-40H,41H2. The van der Waals surface area contributed by atoms with E-state index in [1.165, 1.54) is 44.5 Å². The SMILES string of the molecule is c1ccc(CC(c2ccccc2)(c2ccccc2)C(c2ccccc2)(c2ccccc2)C(c2ccccc2)(c2ccccc2)c2ccccc2)cc1. The van der Waals surface area contributed by atoms with Gasteiger partial charge in [0, 0.05) is 5.41 Å². The van der Waals surface area contributed by atoms with E-state index in [0.717, 1.165) is 6.42 Å². The highest BCUT2D eigenvalue weighted by Gasteiger charge is 2.67. The summed E-state index contributed by atoms with van der Waals surface area (Å²) in [6.45, 7) is 0. The molecule has 0 aliphatic carbocycles. The normalized spacial score (nSPS) is 11.9. The van der Waals surface area contributed by atoms with Crippen LogP contribution < -0.4 is 0 Å². The lowest BCUT2D eigenvalue weighted by atomic mass is 9.37. The molecule has 0 aromatic heterocycles. The average Bonchev–Trinajstić information content (AvgIpc) is 3.25. The van der Waals surface area contributed by atoms with Crippen LogP contribution in [0.3, 0.4) is 0 Å². The summed E-state index contributed by atoms with van der Waals surface area (Å²) in [4.78, 5) is 0. The first-order valence-corrected chi connectivity index (χ1v) is 18.2. The third kappa shape index (κ3) is 5.31. The maximum Gasteiger partial charge on any atom is 0.0600 e. The average molecular weight is 667 g/mol. The Balaban J connectivity index is 1.75. The molecule has 0 aliphatic rings. The van der Waals surface area contributed by atoms with Crippen molar-refractivity contribution in [3.05, 3.63) is 287 Å². The Morgan fingerprint density at radius 3 is 0.750 bits per heavy atom.